The summed E-state index contributed by atoms with van der Waals surface area (Å²) >= 11 is 0. The summed E-state index contributed by atoms with van der Waals surface area (Å²) in [7, 11) is 0. The second-order valence-electron chi connectivity index (χ2n) is 6.84. The number of rotatable bonds is 5. The van der Waals surface area contributed by atoms with E-state index in [1.807, 2.05) is 109 Å². The van der Waals surface area contributed by atoms with Gasteiger partial charge >= 0.3 is 0 Å². The van der Waals surface area contributed by atoms with Gasteiger partial charge in [0.25, 0.3) is 0 Å². The Morgan fingerprint density at radius 2 is 0.767 bits per heavy atom. The van der Waals surface area contributed by atoms with Crippen molar-refractivity contribution in [2.24, 2.45) is 9.98 Å². The normalized spacial score (nSPS) is 12.0. The van der Waals surface area contributed by atoms with Gasteiger partial charge in [0.15, 0.2) is 0 Å². The third-order valence-electron chi connectivity index (χ3n) is 4.59. The van der Waals surface area contributed by atoms with Gasteiger partial charge in [0.1, 0.15) is 0 Å². The molecule has 0 aliphatic rings. The van der Waals surface area contributed by atoms with E-state index < -0.39 is 0 Å². The highest BCUT2D eigenvalue weighted by molar-refractivity contribution is 6.54. The van der Waals surface area contributed by atoms with Crippen molar-refractivity contribution in [3.05, 3.63) is 120 Å². The van der Waals surface area contributed by atoms with Crippen LogP contribution in [0.5, 0.6) is 0 Å². The summed E-state index contributed by atoms with van der Waals surface area (Å²) < 4.78 is 0. The average molecular weight is 390 g/mol. The fraction of sp³-hybridized carbons (Fsp3) is 0. The molecule has 4 aromatic carbocycles. The lowest BCUT2D eigenvalue weighted by atomic mass is 9.99. The molecule has 0 saturated heterocycles. The van der Waals surface area contributed by atoms with Crippen LogP contribution in [0.2, 0.25) is 0 Å². The smallest absolute Gasteiger partial charge is 0.0972 e. The summed E-state index contributed by atoms with van der Waals surface area (Å²) in [5.41, 5.74) is 18.2. The van der Waals surface area contributed by atoms with Crippen LogP contribution in [-0.2, 0) is 0 Å². The molecule has 4 aromatic rings. The van der Waals surface area contributed by atoms with Gasteiger partial charge in [-0.05, 0) is 48.5 Å². The maximum absolute atomic E-state index is 5.85. The summed E-state index contributed by atoms with van der Waals surface area (Å²) in [6.45, 7) is 0. The minimum absolute atomic E-state index is 0.703. The Kier molecular flexibility index (Phi) is 5.67. The van der Waals surface area contributed by atoms with E-state index in [1.54, 1.807) is 0 Å². The molecule has 0 atom stereocenters. The number of hydrogen-bond acceptors (Lipinski definition) is 4. The number of nitrogen functional groups attached to an aromatic ring is 2. The summed E-state index contributed by atoms with van der Waals surface area (Å²) in [4.78, 5) is 9.93. The lowest BCUT2D eigenvalue weighted by molar-refractivity contribution is 1.47. The summed E-state index contributed by atoms with van der Waals surface area (Å²) in [5.74, 6) is 0. The predicted octanol–water partition coefficient (Wildman–Crippen LogP) is 5.79. The van der Waals surface area contributed by atoms with Crippen LogP contribution < -0.4 is 11.5 Å². The Hall–Kier alpha value is -4.18. The van der Waals surface area contributed by atoms with Gasteiger partial charge in [-0.25, -0.2) is 9.98 Å². The number of anilines is 2. The van der Waals surface area contributed by atoms with Gasteiger partial charge in [-0.3, -0.25) is 0 Å². The monoisotopic (exact) mass is 390 g/mol. The number of nitrogens with zero attached hydrogens (tertiary/aromatic N) is 2. The van der Waals surface area contributed by atoms with Crippen molar-refractivity contribution >= 4 is 34.2 Å². The van der Waals surface area contributed by atoms with Gasteiger partial charge in [0, 0.05) is 22.5 Å². The average Bonchev–Trinajstić information content (AvgIpc) is 2.80. The molecule has 0 radical (unpaired) electrons. The topological polar surface area (TPSA) is 76.8 Å². The lowest BCUT2D eigenvalue weighted by Gasteiger charge is -2.12. The van der Waals surface area contributed by atoms with Crippen molar-refractivity contribution in [3.63, 3.8) is 0 Å². The van der Waals surface area contributed by atoms with Crippen LogP contribution in [0, 0.1) is 0 Å². The molecule has 30 heavy (non-hydrogen) atoms. The van der Waals surface area contributed by atoms with E-state index in [2.05, 4.69) is 0 Å². The molecule has 0 bridgehead atoms. The van der Waals surface area contributed by atoms with Crippen LogP contribution in [-0.4, -0.2) is 11.4 Å². The molecule has 0 aromatic heterocycles. The first-order valence-corrected chi connectivity index (χ1v) is 9.69. The van der Waals surface area contributed by atoms with Gasteiger partial charge in [0.2, 0.25) is 0 Å². The predicted molar refractivity (Wildman–Crippen MR) is 127 cm³/mol. The Morgan fingerprint density at radius 1 is 0.433 bits per heavy atom. The number of hydrogen-bond donors (Lipinski definition) is 2. The fourth-order valence-electron chi connectivity index (χ4n) is 3.06. The molecule has 4 N–H and O–H groups in total. The lowest BCUT2D eigenvalue weighted by Crippen LogP contribution is -2.17. The van der Waals surface area contributed by atoms with Crippen molar-refractivity contribution in [2.75, 3.05) is 11.5 Å². The van der Waals surface area contributed by atoms with Gasteiger partial charge < -0.3 is 11.5 Å². The molecular formula is C26H22N4. The Labute approximate surface area is 176 Å². The largest absolute Gasteiger partial charge is 0.399 e. The van der Waals surface area contributed by atoms with Crippen LogP contribution in [0.15, 0.2) is 119 Å². The Morgan fingerprint density at radius 3 is 1.10 bits per heavy atom. The molecule has 0 heterocycles. The van der Waals surface area contributed by atoms with E-state index in [0.717, 1.165) is 33.9 Å². The van der Waals surface area contributed by atoms with Crippen molar-refractivity contribution in [3.8, 4) is 0 Å². The minimum Gasteiger partial charge on any atom is -0.399 e. The first-order valence-electron chi connectivity index (χ1n) is 9.69. The second-order valence-corrected chi connectivity index (χ2v) is 6.84. The molecule has 0 saturated carbocycles. The molecular weight excluding hydrogens is 368 g/mol. The van der Waals surface area contributed by atoms with Crippen LogP contribution in [0.3, 0.4) is 0 Å². The Bertz CT molecular complexity index is 1060. The van der Waals surface area contributed by atoms with Gasteiger partial charge in [-0.15, -0.1) is 0 Å². The van der Waals surface area contributed by atoms with Crippen LogP contribution in [0.1, 0.15) is 11.1 Å². The van der Waals surface area contributed by atoms with Gasteiger partial charge in [0.05, 0.1) is 22.8 Å². The number of benzene rings is 4. The first kappa shape index (κ1) is 19.2. The number of nitrogens with two attached hydrogens (primary N) is 2. The van der Waals surface area contributed by atoms with E-state index in [4.69, 9.17) is 21.5 Å². The van der Waals surface area contributed by atoms with E-state index >= 15 is 0 Å². The summed E-state index contributed by atoms with van der Waals surface area (Å²) in [6, 6.07) is 35.2. The number of aliphatic imine (C=N–C) groups is 2. The fourth-order valence-corrected chi connectivity index (χ4v) is 3.06. The molecule has 0 aliphatic carbocycles. The van der Waals surface area contributed by atoms with Gasteiger partial charge in [-0.2, -0.15) is 0 Å². The zero-order valence-electron chi connectivity index (χ0n) is 16.4. The molecule has 4 rings (SSSR count). The maximum atomic E-state index is 5.85. The SMILES string of the molecule is Nc1ccc(N=C(C(=Nc2ccc(N)cc2)c2ccccc2)c2ccccc2)cc1. The van der Waals surface area contributed by atoms with E-state index in [-0.39, 0.29) is 0 Å². The highest BCUT2D eigenvalue weighted by Crippen LogP contribution is 2.22. The van der Waals surface area contributed by atoms with Gasteiger partial charge in [-0.1, -0.05) is 60.7 Å². The van der Waals surface area contributed by atoms with Crippen molar-refractivity contribution < 1.29 is 0 Å². The van der Waals surface area contributed by atoms with Crippen LogP contribution in [0.25, 0.3) is 0 Å². The zero-order valence-corrected chi connectivity index (χ0v) is 16.4. The van der Waals surface area contributed by atoms with E-state index in [9.17, 15) is 0 Å². The third kappa shape index (κ3) is 4.62. The third-order valence-corrected chi connectivity index (χ3v) is 4.59. The molecule has 4 nitrogen and oxygen atoms in total. The molecule has 0 fully saturated rings. The highest BCUT2D eigenvalue weighted by Gasteiger charge is 2.15. The van der Waals surface area contributed by atoms with Crippen LogP contribution in [0.4, 0.5) is 22.7 Å². The zero-order chi connectivity index (χ0) is 20.8. The van der Waals surface area contributed by atoms with Crippen molar-refractivity contribution in [1.29, 1.82) is 0 Å². The molecule has 0 aliphatic heterocycles. The van der Waals surface area contributed by atoms with Crippen LogP contribution >= 0.6 is 0 Å². The summed E-state index contributed by atoms with van der Waals surface area (Å²) in [5, 5.41) is 0. The quantitative estimate of drug-likeness (QED) is 0.334. The minimum atomic E-state index is 0.703. The van der Waals surface area contributed by atoms with Crippen molar-refractivity contribution in [1.82, 2.24) is 0 Å². The Balaban J connectivity index is 1.93. The van der Waals surface area contributed by atoms with E-state index in [0.29, 0.717) is 11.4 Å². The first-order chi connectivity index (χ1) is 14.7. The van der Waals surface area contributed by atoms with Crippen molar-refractivity contribution in [2.45, 2.75) is 0 Å². The highest BCUT2D eigenvalue weighted by atomic mass is 14.8. The standard InChI is InChI=1S/C26H22N4/c27-21-11-15-23(16-12-21)29-25(19-7-3-1-4-8-19)26(20-9-5-2-6-10-20)30-24-17-13-22(28)14-18-24/h1-18H,27-28H2. The molecule has 4 heteroatoms. The molecule has 0 unspecified atom stereocenters. The second kappa shape index (κ2) is 8.88. The molecule has 146 valence electrons. The summed E-state index contributed by atoms with van der Waals surface area (Å²) in [6.07, 6.45) is 0. The molecule has 0 spiro atoms. The maximum Gasteiger partial charge on any atom is 0.0972 e. The molecule has 0 amide bonds. The van der Waals surface area contributed by atoms with E-state index in [1.165, 1.54) is 0 Å².